The summed E-state index contributed by atoms with van der Waals surface area (Å²) in [7, 11) is 0. The molecule has 0 aliphatic heterocycles. The highest BCUT2D eigenvalue weighted by Crippen LogP contribution is 2.41. The summed E-state index contributed by atoms with van der Waals surface area (Å²) in [5.41, 5.74) is 0.930. The van der Waals surface area contributed by atoms with Gasteiger partial charge in [0.05, 0.1) is 12.0 Å². The number of halogens is 1. The molecule has 2 heterocycles. The Bertz CT molecular complexity index is 604. The van der Waals surface area contributed by atoms with E-state index in [1.54, 1.807) is 0 Å². The number of hydrogen-bond acceptors (Lipinski definition) is 5. The molecular weight excluding hydrogens is 304 g/mol. The summed E-state index contributed by atoms with van der Waals surface area (Å²) >= 11 is 4.73. The summed E-state index contributed by atoms with van der Waals surface area (Å²) in [6, 6.07) is 0. The number of hydrogen-bond donors (Lipinski definition) is 2. The minimum atomic E-state index is -0.207. The van der Waals surface area contributed by atoms with Gasteiger partial charge in [-0.1, -0.05) is 0 Å². The van der Waals surface area contributed by atoms with Crippen LogP contribution in [0.4, 0.5) is 10.9 Å². The zero-order chi connectivity index (χ0) is 11.8. The number of H-pyrrole nitrogens is 1. The van der Waals surface area contributed by atoms with E-state index >= 15 is 0 Å². The van der Waals surface area contributed by atoms with Crippen molar-refractivity contribution in [1.29, 1.82) is 0 Å². The molecule has 0 unspecified atom stereocenters. The van der Waals surface area contributed by atoms with E-state index in [9.17, 15) is 4.79 Å². The predicted molar refractivity (Wildman–Crippen MR) is 69.9 cm³/mol. The van der Waals surface area contributed by atoms with Crippen LogP contribution >= 0.6 is 27.3 Å². The van der Waals surface area contributed by atoms with Crippen LogP contribution in [0.3, 0.4) is 0 Å². The van der Waals surface area contributed by atoms with Gasteiger partial charge in [0.1, 0.15) is 4.47 Å². The molecule has 1 aliphatic carbocycles. The van der Waals surface area contributed by atoms with Crippen molar-refractivity contribution in [2.45, 2.75) is 18.8 Å². The van der Waals surface area contributed by atoms with Gasteiger partial charge in [0.2, 0.25) is 0 Å². The van der Waals surface area contributed by atoms with Crippen molar-refractivity contribution < 1.29 is 0 Å². The summed E-state index contributed by atoms with van der Waals surface area (Å²) in [6.45, 7) is 0. The molecule has 17 heavy (non-hydrogen) atoms. The average molecular weight is 313 g/mol. The van der Waals surface area contributed by atoms with Crippen molar-refractivity contribution in [3.05, 3.63) is 32.2 Å². The Morgan fingerprint density at radius 1 is 1.53 bits per heavy atom. The van der Waals surface area contributed by atoms with Gasteiger partial charge in [-0.3, -0.25) is 4.79 Å². The quantitative estimate of drug-likeness (QED) is 0.914. The minimum Gasteiger partial charge on any atom is -0.315 e. The van der Waals surface area contributed by atoms with Crippen LogP contribution in [0.5, 0.6) is 0 Å². The van der Waals surface area contributed by atoms with Crippen LogP contribution in [0.15, 0.2) is 21.0 Å². The van der Waals surface area contributed by atoms with Gasteiger partial charge < -0.3 is 10.3 Å². The molecule has 0 saturated heterocycles. The Kier molecular flexibility index (Phi) is 2.71. The molecule has 0 bridgehead atoms. The molecule has 0 amide bonds. The van der Waals surface area contributed by atoms with E-state index in [0.717, 1.165) is 10.8 Å². The van der Waals surface area contributed by atoms with Gasteiger partial charge in [-0.2, -0.15) is 0 Å². The smallest absolute Gasteiger partial charge is 0.267 e. The fourth-order valence-corrected chi connectivity index (χ4v) is 2.59. The number of rotatable bonds is 3. The molecule has 3 rings (SSSR count). The Morgan fingerprint density at radius 3 is 3.12 bits per heavy atom. The van der Waals surface area contributed by atoms with E-state index in [2.05, 4.69) is 41.6 Å². The van der Waals surface area contributed by atoms with Crippen LogP contribution in [0.25, 0.3) is 0 Å². The first-order chi connectivity index (χ1) is 8.24. The maximum absolute atomic E-state index is 11.4. The van der Waals surface area contributed by atoms with E-state index in [0.29, 0.717) is 16.2 Å². The van der Waals surface area contributed by atoms with Crippen molar-refractivity contribution in [3.63, 3.8) is 0 Å². The molecular formula is C10H9BrN4OS. The summed E-state index contributed by atoms with van der Waals surface area (Å²) < 4.78 is 0.392. The lowest BCUT2D eigenvalue weighted by Gasteiger charge is -2.02. The number of anilines is 2. The topological polar surface area (TPSA) is 70.7 Å². The largest absolute Gasteiger partial charge is 0.315 e. The Labute approximate surface area is 109 Å². The van der Waals surface area contributed by atoms with E-state index in [1.807, 2.05) is 0 Å². The minimum absolute atomic E-state index is 0.207. The first kappa shape index (κ1) is 10.9. The monoisotopic (exact) mass is 312 g/mol. The standard InChI is InChI=1S/C10H9BrN4OS/c11-7-8(12-4-13-9(7)16)15-10-14-6(3-17-10)5-1-2-5/h3-5H,1-2H2,(H2,12,13,14,15,16). The van der Waals surface area contributed by atoms with Gasteiger partial charge in [0.15, 0.2) is 10.9 Å². The third-order valence-electron chi connectivity index (χ3n) is 2.54. The summed E-state index contributed by atoms with van der Waals surface area (Å²) in [5, 5.41) is 5.87. The second-order valence-electron chi connectivity index (χ2n) is 3.87. The molecule has 0 atom stereocenters. The molecule has 0 radical (unpaired) electrons. The number of aromatic amines is 1. The fraction of sp³-hybridized carbons (Fsp3) is 0.300. The molecule has 2 aromatic heterocycles. The third-order valence-corrected chi connectivity index (χ3v) is 4.05. The Hall–Kier alpha value is -1.21. The molecule has 0 spiro atoms. The number of nitrogens with zero attached hydrogens (tertiary/aromatic N) is 2. The van der Waals surface area contributed by atoms with Crippen LogP contribution in [0.2, 0.25) is 0 Å². The van der Waals surface area contributed by atoms with E-state index in [-0.39, 0.29) is 5.56 Å². The lowest BCUT2D eigenvalue weighted by molar-refractivity contribution is 1.05. The fourth-order valence-electron chi connectivity index (χ4n) is 1.48. The lowest BCUT2D eigenvalue weighted by atomic mass is 10.3. The molecule has 2 N–H and O–H groups in total. The molecule has 1 saturated carbocycles. The Morgan fingerprint density at radius 2 is 2.35 bits per heavy atom. The number of aromatic nitrogens is 3. The zero-order valence-corrected chi connectivity index (χ0v) is 11.1. The van der Waals surface area contributed by atoms with E-state index < -0.39 is 0 Å². The first-order valence-corrected chi connectivity index (χ1v) is 6.87. The van der Waals surface area contributed by atoms with Crippen LogP contribution in [-0.4, -0.2) is 15.0 Å². The zero-order valence-electron chi connectivity index (χ0n) is 8.74. The number of thiazole rings is 1. The van der Waals surface area contributed by atoms with Crippen LogP contribution in [0, 0.1) is 0 Å². The van der Waals surface area contributed by atoms with Gasteiger partial charge in [-0.05, 0) is 28.8 Å². The van der Waals surface area contributed by atoms with E-state index in [4.69, 9.17) is 0 Å². The molecule has 88 valence electrons. The number of nitrogens with one attached hydrogen (secondary N) is 2. The van der Waals surface area contributed by atoms with Crippen LogP contribution < -0.4 is 10.9 Å². The van der Waals surface area contributed by atoms with Crippen molar-refractivity contribution in [2.75, 3.05) is 5.32 Å². The van der Waals surface area contributed by atoms with Crippen molar-refractivity contribution in [1.82, 2.24) is 15.0 Å². The van der Waals surface area contributed by atoms with Gasteiger partial charge in [-0.15, -0.1) is 11.3 Å². The second kappa shape index (κ2) is 4.23. The van der Waals surface area contributed by atoms with Crippen LogP contribution in [0.1, 0.15) is 24.5 Å². The highest BCUT2D eigenvalue weighted by atomic mass is 79.9. The van der Waals surface area contributed by atoms with Crippen LogP contribution in [-0.2, 0) is 0 Å². The summed E-state index contributed by atoms with van der Waals surface area (Å²) in [6.07, 6.45) is 3.83. The normalized spacial score (nSPS) is 14.9. The molecule has 5 nitrogen and oxygen atoms in total. The van der Waals surface area contributed by atoms with Gasteiger partial charge in [0.25, 0.3) is 5.56 Å². The molecule has 0 aromatic carbocycles. The molecule has 1 fully saturated rings. The highest BCUT2D eigenvalue weighted by Gasteiger charge is 2.26. The second-order valence-corrected chi connectivity index (χ2v) is 5.52. The molecule has 7 heteroatoms. The van der Waals surface area contributed by atoms with E-state index in [1.165, 1.54) is 30.5 Å². The maximum atomic E-state index is 11.4. The van der Waals surface area contributed by atoms with Gasteiger partial charge in [-0.25, -0.2) is 9.97 Å². The third kappa shape index (κ3) is 2.25. The van der Waals surface area contributed by atoms with Crippen molar-refractivity contribution in [2.24, 2.45) is 0 Å². The summed E-state index contributed by atoms with van der Waals surface area (Å²) in [5.74, 6) is 1.13. The Balaban J connectivity index is 1.85. The SMILES string of the molecule is O=c1[nH]cnc(Nc2nc(C3CC3)cs2)c1Br. The van der Waals surface area contributed by atoms with Crippen molar-refractivity contribution in [3.8, 4) is 0 Å². The molecule has 2 aromatic rings. The first-order valence-electron chi connectivity index (χ1n) is 5.19. The lowest BCUT2D eigenvalue weighted by Crippen LogP contribution is -2.09. The van der Waals surface area contributed by atoms with Crippen molar-refractivity contribution >= 4 is 38.2 Å². The maximum Gasteiger partial charge on any atom is 0.267 e. The van der Waals surface area contributed by atoms with Gasteiger partial charge >= 0.3 is 0 Å². The predicted octanol–water partition coefficient (Wildman–Crippen LogP) is 2.61. The highest BCUT2D eigenvalue weighted by molar-refractivity contribution is 9.10. The average Bonchev–Trinajstić information content (AvgIpc) is 3.06. The molecule has 1 aliphatic rings. The van der Waals surface area contributed by atoms with Gasteiger partial charge in [0, 0.05) is 11.3 Å². The summed E-state index contributed by atoms with van der Waals surface area (Å²) in [4.78, 5) is 22.4.